The first-order chi connectivity index (χ1) is 17.4. The lowest BCUT2D eigenvalue weighted by Crippen LogP contribution is -2.53. The molecule has 1 saturated carbocycles. The summed E-state index contributed by atoms with van der Waals surface area (Å²) in [4.78, 5) is 10.0. The molecule has 36 heavy (non-hydrogen) atoms. The van der Waals surface area contributed by atoms with Crippen molar-refractivity contribution < 1.29 is 9.47 Å². The number of hydrogen-bond acceptors (Lipinski definition) is 10. The molecule has 3 atom stereocenters. The van der Waals surface area contributed by atoms with Crippen LogP contribution >= 0.6 is 11.8 Å². The molecule has 5 rings (SSSR count). The monoisotopic (exact) mass is 513 g/mol. The van der Waals surface area contributed by atoms with E-state index < -0.39 is 5.79 Å². The predicted molar refractivity (Wildman–Crippen MR) is 146 cm³/mol. The van der Waals surface area contributed by atoms with E-state index in [1.807, 2.05) is 32.0 Å². The molecule has 0 radical (unpaired) electrons. The smallest absolute Gasteiger partial charge is 0.191 e. The predicted octanol–water partition coefficient (Wildman–Crippen LogP) is 4.70. The van der Waals surface area contributed by atoms with Gasteiger partial charge in [0, 0.05) is 18.0 Å². The van der Waals surface area contributed by atoms with Gasteiger partial charge in [-0.1, -0.05) is 44.2 Å². The summed E-state index contributed by atoms with van der Waals surface area (Å²) in [6.45, 7) is 9.87. The Kier molecular flexibility index (Phi) is 7.48. The van der Waals surface area contributed by atoms with E-state index in [1.165, 1.54) is 0 Å². The highest BCUT2D eigenvalue weighted by atomic mass is 32.2. The standard InChI is InChI=1S/C26H39N7O2S/c1-5-7-13-28-23-21-24(30-25(29-23)36-14-6-2)33(19-11-12-20-22(19)35-26(3,4)34-20)31-32(21)16-17-9-8-10-18(27)15-17/h8-10,15,19-20,22,31H,5-7,11-14,16,27H2,1-4H3,(H,28,29,30). The van der Waals surface area contributed by atoms with E-state index in [1.54, 1.807) is 11.8 Å². The molecular weight excluding hydrogens is 474 g/mol. The highest BCUT2D eigenvalue weighted by Crippen LogP contribution is 2.46. The zero-order valence-corrected chi connectivity index (χ0v) is 22.6. The van der Waals surface area contributed by atoms with Crippen LogP contribution in [0.15, 0.2) is 29.4 Å². The fourth-order valence-corrected chi connectivity index (χ4v) is 5.93. The second-order valence-electron chi connectivity index (χ2n) is 10.2. The van der Waals surface area contributed by atoms with Crippen molar-refractivity contribution >= 4 is 34.8 Å². The van der Waals surface area contributed by atoms with Crippen molar-refractivity contribution in [2.45, 2.75) is 95.5 Å². The van der Waals surface area contributed by atoms with Crippen molar-refractivity contribution in [3.05, 3.63) is 29.8 Å². The van der Waals surface area contributed by atoms with Crippen LogP contribution in [-0.2, 0) is 16.0 Å². The zero-order valence-electron chi connectivity index (χ0n) is 21.8. The normalized spacial score (nSPS) is 24.3. The van der Waals surface area contributed by atoms with Crippen molar-refractivity contribution in [3.8, 4) is 0 Å². The lowest BCUT2D eigenvalue weighted by molar-refractivity contribution is -0.152. The van der Waals surface area contributed by atoms with Gasteiger partial charge in [-0.25, -0.2) is 9.97 Å². The summed E-state index contributed by atoms with van der Waals surface area (Å²) in [7, 11) is 0. The minimum Gasteiger partial charge on any atom is -0.399 e. The number of nitrogen functional groups attached to an aromatic ring is 1. The number of nitrogens with zero attached hydrogens (tertiary/aromatic N) is 4. The van der Waals surface area contributed by atoms with Crippen LogP contribution in [0.4, 0.5) is 23.0 Å². The molecule has 2 aliphatic heterocycles. The Bertz CT molecular complexity index is 1070. The molecule has 0 spiro atoms. The van der Waals surface area contributed by atoms with Crippen LogP contribution in [0.25, 0.3) is 0 Å². The van der Waals surface area contributed by atoms with Crippen LogP contribution < -0.4 is 26.6 Å². The van der Waals surface area contributed by atoms with Gasteiger partial charge in [-0.15, -0.1) is 5.53 Å². The van der Waals surface area contributed by atoms with E-state index in [2.05, 4.69) is 40.8 Å². The van der Waals surface area contributed by atoms with Crippen molar-refractivity contribution in [1.82, 2.24) is 15.5 Å². The molecule has 9 nitrogen and oxygen atoms in total. The Morgan fingerprint density at radius 3 is 2.83 bits per heavy atom. The van der Waals surface area contributed by atoms with Gasteiger partial charge >= 0.3 is 0 Å². The number of aromatic nitrogens is 2. The summed E-state index contributed by atoms with van der Waals surface area (Å²) >= 11 is 1.70. The number of nitrogens with two attached hydrogens (primary N) is 1. The third-order valence-electron chi connectivity index (χ3n) is 6.80. The maximum atomic E-state index is 6.38. The Morgan fingerprint density at radius 2 is 2.06 bits per heavy atom. The first kappa shape index (κ1) is 25.4. The molecule has 1 aliphatic carbocycles. The molecule has 196 valence electrons. The lowest BCUT2D eigenvalue weighted by atomic mass is 10.2. The van der Waals surface area contributed by atoms with Gasteiger partial charge in [0.2, 0.25) is 0 Å². The molecule has 2 aromatic rings. The molecule has 10 heteroatoms. The van der Waals surface area contributed by atoms with E-state index >= 15 is 0 Å². The van der Waals surface area contributed by atoms with Gasteiger partial charge in [0.25, 0.3) is 0 Å². The van der Waals surface area contributed by atoms with Gasteiger partial charge in [0.1, 0.15) is 11.8 Å². The van der Waals surface area contributed by atoms with Crippen LogP contribution in [0.1, 0.15) is 65.4 Å². The summed E-state index contributed by atoms with van der Waals surface area (Å²) in [6, 6.07) is 8.12. The second kappa shape index (κ2) is 10.6. The number of hydrazine groups is 2. The number of nitrogens with one attached hydrogen (secondary N) is 2. The summed E-state index contributed by atoms with van der Waals surface area (Å²) in [5, 5.41) is 8.74. The quantitative estimate of drug-likeness (QED) is 0.179. The van der Waals surface area contributed by atoms with Gasteiger partial charge in [-0.3, -0.25) is 10.0 Å². The number of benzene rings is 1. The van der Waals surface area contributed by atoms with Crippen LogP contribution in [0.3, 0.4) is 0 Å². The molecule has 3 aliphatic rings. The van der Waals surface area contributed by atoms with E-state index in [9.17, 15) is 0 Å². The van der Waals surface area contributed by atoms with Gasteiger partial charge < -0.3 is 20.5 Å². The number of hydrogen-bond donors (Lipinski definition) is 3. The maximum absolute atomic E-state index is 6.38. The topological polar surface area (TPSA) is 101 Å². The van der Waals surface area contributed by atoms with Crippen molar-refractivity contribution in [3.63, 3.8) is 0 Å². The molecule has 1 aromatic heterocycles. The van der Waals surface area contributed by atoms with Crippen molar-refractivity contribution in [2.75, 3.05) is 33.4 Å². The highest BCUT2D eigenvalue weighted by Gasteiger charge is 2.53. The van der Waals surface area contributed by atoms with Crippen LogP contribution in [0, 0.1) is 0 Å². The summed E-state index contributed by atoms with van der Waals surface area (Å²) < 4.78 is 12.6. The largest absolute Gasteiger partial charge is 0.399 e. The maximum Gasteiger partial charge on any atom is 0.191 e. The van der Waals surface area contributed by atoms with E-state index in [-0.39, 0.29) is 18.2 Å². The Morgan fingerprint density at radius 1 is 1.19 bits per heavy atom. The Hall–Kier alpha value is -2.27. The molecule has 2 fully saturated rings. The number of ether oxygens (including phenoxy) is 2. The Balaban J connectivity index is 1.52. The van der Waals surface area contributed by atoms with Gasteiger partial charge in [0.15, 0.2) is 22.6 Å². The lowest BCUT2D eigenvalue weighted by Gasteiger charge is -2.31. The number of rotatable bonds is 10. The van der Waals surface area contributed by atoms with Gasteiger partial charge in [-0.2, -0.15) is 0 Å². The molecule has 1 saturated heterocycles. The summed E-state index contributed by atoms with van der Waals surface area (Å²) in [5.41, 5.74) is 12.6. The number of thioether (sulfide) groups is 1. The number of fused-ring (bicyclic) bond motifs is 2. The fraction of sp³-hybridized carbons (Fsp3) is 0.615. The van der Waals surface area contributed by atoms with Gasteiger partial charge in [0.05, 0.1) is 18.7 Å². The van der Waals surface area contributed by atoms with Crippen LogP contribution in [0.5, 0.6) is 0 Å². The third kappa shape index (κ3) is 5.22. The average molecular weight is 514 g/mol. The molecule has 3 heterocycles. The SMILES string of the molecule is CCCCNc1nc(SCCC)nc2c1N(Cc1cccc(N)c1)NN2C1CCC2OC(C)(C)OC21. The highest BCUT2D eigenvalue weighted by molar-refractivity contribution is 7.99. The molecule has 1 aromatic carbocycles. The molecule has 3 unspecified atom stereocenters. The summed E-state index contributed by atoms with van der Waals surface area (Å²) in [5.74, 6) is 2.17. The first-order valence-electron chi connectivity index (χ1n) is 13.2. The third-order valence-corrected chi connectivity index (χ3v) is 7.85. The van der Waals surface area contributed by atoms with Crippen molar-refractivity contribution in [1.29, 1.82) is 0 Å². The first-order valence-corrected chi connectivity index (χ1v) is 14.2. The summed E-state index contributed by atoms with van der Waals surface area (Å²) in [6.07, 6.45) is 5.26. The fourth-order valence-electron chi connectivity index (χ4n) is 5.24. The zero-order chi connectivity index (χ0) is 25.3. The minimum absolute atomic E-state index is 0.0223. The molecule has 4 N–H and O–H groups in total. The van der Waals surface area contributed by atoms with E-state index in [0.29, 0.717) is 6.54 Å². The minimum atomic E-state index is -0.571. The average Bonchev–Trinajstić information content (AvgIpc) is 3.47. The number of anilines is 4. The van der Waals surface area contributed by atoms with E-state index in [0.717, 1.165) is 78.1 Å². The molecular formula is C26H39N7O2S. The number of unbranched alkanes of at least 4 members (excludes halogenated alkanes) is 1. The molecule has 0 bridgehead atoms. The Labute approximate surface area is 218 Å². The molecule has 0 amide bonds. The second-order valence-corrected chi connectivity index (χ2v) is 11.3. The van der Waals surface area contributed by atoms with E-state index in [4.69, 9.17) is 25.2 Å². The van der Waals surface area contributed by atoms with Crippen LogP contribution in [0.2, 0.25) is 0 Å². The van der Waals surface area contributed by atoms with Gasteiger partial charge in [-0.05, 0) is 57.2 Å². The van der Waals surface area contributed by atoms with Crippen molar-refractivity contribution in [2.24, 2.45) is 0 Å². The van der Waals surface area contributed by atoms with Crippen LogP contribution in [-0.4, -0.2) is 46.3 Å².